The van der Waals surface area contributed by atoms with Crippen LogP contribution in [-0.2, 0) is 9.47 Å². The van der Waals surface area contributed by atoms with Gasteiger partial charge in [0.15, 0.2) is 0 Å². The molecule has 0 saturated heterocycles. The van der Waals surface area contributed by atoms with Crippen LogP contribution >= 0.6 is 0 Å². The van der Waals surface area contributed by atoms with Crippen molar-refractivity contribution in [1.82, 2.24) is 4.98 Å². The summed E-state index contributed by atoms with van der Waals surface area (Å²) in [6.45, 7) is 1.84. The van der Waals surface area contributed by atoms with Crippen LogP contribution < -0.4 is 0 Å². The highest BCUT2D eigenvalue weighted by molar-refractivity contribution is 6.00. The van der Waals surface area contributed by atoms with Gasteiger partial charge in [0.05, 0.1) is 29.9 Å². The number of aromatic nitrogens is 1. The zero-order valence-electron chi connectivity index (χ0n) is 12.5. The zero-order chi connectivity index (χ0) is 17.0. The van der Waals surface area contributed by atoms with Crippen molar-refractivity contribution < 1.29 is 24.0 Å². The number of nitrogens with zero attached hydrogens (tertiary/aromatic N) is 1. The summed E-state index contributed by atoms with van der Waals surface area (Å²) < 4.78 is 9.58. The Bertz CT molecular complexity index is 748. The van der Waals surface area contributed by atoms with Gasteiger partial charge in [-0.25, -0.2) is 9.59 Å². The van der Waals surface area contributed by atoms with Crippen LogP contribution in [0.2, 0.25) is 0 Å². The number of esters is 2. The third-order valence-corrected chi connectivity index (χ3v) is 3.09. The number of non-ortho nitro benzene ring substituents is 1. The molecule has 2 aromatic rings. The zero-order valence-corrected chi connectivity index (χ0v) is 12.5. The molecule has 1 N–H and O–H groups in total. The second kappa shape index (κ2) is 6.73. The van der Waals surface area contributed by atoms with Crippen molar-refractivity contribution in [3.63, 3.8) is 0 Å². The van der Waals surface area contributed by atoms with E-state index in [0.29, 0.717) is 11.3 Å². The number of carbonyl (C=O) groups excluding carboxylic acids is 2. The molecule has 0 aliphatic heterocycles. The van der Waals surface area contributed by atoms with Crippen molar-refractivity contribution in [3.05, 3.63) is 51.7 Å². The minimum absolute atomic E-state index is 0.0776. The molecule has 1 aromatic heterocycles. The van der Waals surface area contributed by atoms with E-state index < -0.39 is 16.9 Å². The van der Waals surface area contributed by atoms with Crippen LogP contribution in [0.1, 0.15) is 27.8 Å². The van der Waals surface area contributed by atoms with E-state index in [9.17, 15) is 19.7 Å². The Labute approximate surface area is 131 Å². The summed E-state index contributed by atoms with van der Waals surface area (Å²) in [5.41, 5.74) is 1.00. The maximum absolute atomic E-state index is 12.0. The molecule has 0 unspecified atom stereocenters. The molecule has 0 aliphatic carbocycles. The van der Waals surface area contributed by atoms with Gasteiger partial charge in [0.2, 0.25) is 0 Å². The van der Waals surface area contributed by atoms with Gasteiger partial charge in [0, 0.05) is 12.1 Å². The Balaban J connectivity index is 2.50. The highest BCUT2D eigenvalue weighted by atomic mass is 16.6. The fourth-order valence-corrected chi connectivity index (χ4v) is 2.02. The van der Waals surface area contributed by atoms with E-state index in [4.69, 9.17) is 4.74 Å². The fraction of sp³-hybridized carbons (Fsp3) is 0.200. The molecule has 0 radical (unpaired) electrons. The van der Waals surface area contributed by atoms with Gasteiger partial charge < -0.3 is 14.5 Å². The van der Waals surface area contributed by atoms with Crippen LogP contribution in [0, 0.1) is 10.1 Å². The second-order valence-corrected chi connectivity index (χ2v) is 4.49. The number of nitro groups is 1. The van der Waals surface area contributed by atoms with Crippen molar-refractivity contribution in [2.24, 2.45) is 0 Å². The van der Waals surface area contributed by atoms with Crippen LogP contribution in [-0.4, -0.2) is 35.6 Å². The normalized spacial score (nSPS) is 10.2. The number of nitrogens with one attached hydrogen (secondary N) is 1. The van der Waals surface area contributed by atoms with E-state index in [1.807, 2.05) is 0 Å². The number of H-pyrrole nitrogens is 1. The number of rotatable bonds is 5. The standard InChI is InChI=1S/C15H14N2O6/c1-3-23-14(18)11-8-12(15(19)22-2)16-13(11)9-4-6-10(7-5-9)17(20)21/h4-8,16H,3H2,1-2H3. The van der Waals surface area contributed by atoms with Crippen LogP contribution in [0.25, 0.3) is 11.3 Å². The van der Waals surface area contributed by atoms with Crippen molar-refractivity contribution in [2.75, 3.05) is 13.7 Å². The fourth-order valence-electron chi connectivity index (χ4n) is 2.02. The van der Waals surface area contributed by atoms with Crippen molar-refractivity contribution in [3.8, 4) is 11.3 Å². The minimum atomic E-state index is -0.635. The molecular formula is C15H14N2O6. The van der Waals surface area contributed by atoms with Gasteiger partial charge in [-0.05, 0) is 30.7 Å². The Hall–Kier alpha value is -3.16. The first-order valence-electron chi connectivity index (χ1n) is 6.71. The molecule has 0 atom stereocenters. The van der Waals surface area contributed by atoms with E-state index in [-0.39, 0.29) is 23.6 Å². The molecule has 0 fully saturated rings. The molecule has 23 heavy (non-hydrogen) atoms. The summed E-state index contributed by atoms with van der Waals surface area (Å²) in [5, 5.41) is 10.7. The van der Waals surface area contributed by atoms with E-state index >= 15 is 0 Å². The van der Waals surface area contributed by atoms with Crippen molar-refractivity contribution in [2.45, 2.75) is 6.92 Å². The van der Waals surface area contributed by atoms with Gasteiger partial charge in [-0.3, -0.25) is 10.1 Å². The lowest BCUT2D eigenvalue weighted by atomic mass is 10.1. The summed E-state index contributed by atoms with van der Waals surface area (Å²) in [5.74, 6) is -1.24. The average molecular weight is 318 g/mol. The predicted octanol–water partition coefficient (Wildman–Crippen LogP) is 2.55. The molecule has 0 spiro atoms. The minimum Gasteiger partial charge on any atom is -0.464 e. The van der Waals surface area contributed by atoms with E-state index in [0.717, 1.165) is 0 Å². The molecular weight excluding hydrogens is 304 g/mol. The maximum Gasteiger partial charge on any atom is 0.354 e. The molecule has 0 amide bonds. The predicted molar refractivity (Wildman–Crippen MR) is 80.2 cm³/mol. The smallest absolute Gasteiger partial charge is 0.354 e. The van der Waals surface area contributed by atoms with Crippen LogP contribution in [0.4, 0.5) is 5.69 Å². The van der Waals surface area contributed by atoms with Gasteiger partial charge in [-0.2, -0.15) is 0 Å². The Morgan fingerprint density at radius 2 is 1.87 bits per heavy atom. The van der Waals surface area contributed by atoms with E-state index in [1.54, 1.807) is 6.92 Å². The van der Waals surface area contributed by atoms with Crippen LogP contribution in [0.3, 0.4) is 0 Å². The summed E-state index contributed by atoms with van der Waals surface area (Å²) >= 11 is 0. The summed E-state index contributed by atoms with van der Waals surface area (Å²) in [7, 11) is 1.22. The van der Waals surface area contributed by atoms with Gasteiger partial charge in [0.1, 0.15) is 5.69 Å². The molecule has 0 aliphatic rings. The second-order valence-electron chi connectivity index (χ2n) is 4.49. The van der Waals surface area contributed by atoms with Crippen LogP contribution in [0.5, 0.6) is 0 Å². The van der Waals surface area contributed by atoms with Gasteiger partial charge in [0.25, 0.3) is 5.69 Å². The molecule has 1 heterocycles. The summed E-state index contributed by atoms with van der Waals surface area (Å²) in [4.78, 5) is 36.6. The number of aromatic amines is 1. The molecule has 0 bridgehead atoms. The van der Waals surface area contributed by atoms with Gasteiger partial charge in [-0.15, -0.1) is 0 Å². The number of hydrogen-bond acceptors (Lipinski definition) is 6. The van der Waals surface area contributed by atoms with Crippen molar-refractivity contribution >= 4 is 17.6 Å². The molecule has 8 heteroatoms. The van der Waals surface area contributed by atoms with Gasteiger partial charge in [-0.1, -0.05) is 0 Å². The highest BCUT2D eigenvalue weighted by Gasteiger charge is 2.21. The monoisotopic (exact) mass is 318 g/mol. The maximum atomic E-state index is 12.0. The number of ether oxygens (including phenoxy) is 2. The third-order valence-electron chi connectivity index (χ3n) is 3.09. The molecule has 120 valence electrons. The molecule has 1 aromatic carbocycles. The topological polar surface area (TPSA) is 112 Å². The quantitative estimate of drug-likeness (QED) is 0.515. The first-order chi connectivity index (χ1) is 11.0. The average Bonchev–Trinajstić information content (AvgIpc) is 2.99. The first kappa shape index (κ1) is 16.2. The van der Waals surface area contributed by atoms with E-state index in [2.05, 4.69) is 9.72 Å². The summed E-state index contributed by atoms with van der Waals surface area (Å²) in [6, 6.07) is 6.91. The van der Waals surface area contributed by atoms with E-state index in [1.165, 1.54) is 37.4 Å². The largest absolute Gasteiger partial charge is 0.464 e. The first-order valence-corrected chi connectivity index (χ1v) is 6.71. The molecule has 8 nitrogen and oxygen atoms in total. The molecule has 0 saturated carbocycles. The highest BCUT2D eigenvalue weighted by Crippen LogP contribution is 2.27. The number of carbonyl (C=O) groups is 2. The summed E-state index contributed by atoms with van der Waals surface area (Å²) in [6.07, 6.45) is 0. The Morgan fingerprint density at radius 3 is 2.39 bits per heavy atom. The number of hydrogen-bond donors (Lipinski definition) is 1. The molecule has 2 rings (SSSR count). The number of methoxy groups -OCH3 is 1. The Morgan fingerprint density at radius 1 is 1.22 bits per heavy atom. The van der Waals surface area contributed by atoms with Crippen LogP contribution in [0.15, 0.2) is 30.3 Å². The van der Waals surface area contributed by atoms with Crippen molar-refractivity contribution in [1.29, 1.82) is 0 Å². The Kier molecular flexibility index (Phi) is 4.75. The lowest BCUT2D eigenvalue weighted by molar-refractivity contribution is -0.384. The number of benzene rings is 1. The SMILES string of the molecule is CCOC(=O)c1cc(C(=O)OC)[nH]c1-c1ccc([N+](=O)[O-])cc1. The third kappa shape index (κ3) is 3.37. The number of nitro benzene ring substituents is 1. The van der Waals surface area contributed by atoms with Gasteiger partial charge >= 0.3 is 11.9 Å². The lowest BCUT2D eigenvalue weighted by Gasteiger charge is -2.04. The lowest BCUT2D eigenvalue weighted by Crippen LogP contribution is -2.05.